The molecule has 0 bridgehead atoms. The third-order valence-corrected chi connectivity index (χ3v) is 1.89. The Morgan fingerprint density at radius 2 is 2.08 bits per heavy atom. The molecule has 3 nitrogen and oxygen atoms in total. The van der Waals surface area contributed by atoms with Crippen molar-refractivity contribution in [2.45, 2.75) is 32.7 Å². The van der Waals surface area contributed by atoms with E-state index in [1.807, 2.05) is 6.92 Å². The van der Waals surface area contributed by atoms with Crippen LogP contribution in [0, 0.1) is 0 Å². The van der Waals surface area contributed by atoms with Crippen LogP contribution in [0.4, 0.5) is 0 Å². The second kappa shape index (κ2) is 9.96. The summed E-state index contributed by atoms with van der Waals surface area (Å²) in [6.45, 7) is 7.50. The molecule has 1 unspecified atom stereocenters. The van der Waals surface area contributed by atoms with Crippen LogP contribution < -0.4 is 5.32 Å². The lowest BCUT2D eigenvalue weighted by Crippen LogP contribution is -2.35. The molecule has 0 saturated heterocycles. The van der Waals surface area contributed by atoms with Gasteiger partial charge in [0.1, 0.15) is 0 Å². The minimum absolute atomic E-state index is 0.482. The van der Waals surface area contributed by atoms with Crippen LogP contribution in [0.1, 0.15) is 26.7 Å². The van der Waals surface area contributed by atoms with Crippen LogP contribution in [-0.4, -0.2) is 39.5 Å². The molecule has 1 N–H and O–H groups in total. The van der Waals surface area contributed by atoms with Crippen molar-refractivity contribution in [1.29, 1.82) is 0 Å². The van der Waals surface area contributed by atoms with Crippen molar-refractivity contribution in [3.8, 4) is 0 Å². The first-order valence-electron chi connectivity index (χ1n) is 5.15. The molecule has 0 rings (SSSR count). The molecule has 0 aliphatic carbocycles. The Balaban J connectivity index is 3.33. The smallest absolute Gasteiger partial charge is 0.0615 e. The van der Waals surface area contributed by atoms with Gasteiger partial charge in [0.2, 0.25) is 0 Å². The van der Waals surface area contributed by atoms with Crippen LogP contribution in [0.25, 0.3) is 0 Å². The van der Waals surface area contributed by atoms with Gasteiger partial charge >= 0.3 is 0 Å². The van der Waals surface area contributed by atoms with E-state index in [-0.39, 0.29) is 0 Å². The summed E-state index contributed by atoms with van der Waals surface area (Å²) in [7, 11) is 1.74. The van der Waals surface area contributed by atoms with Crippen LogP contribution in [-0.2, 0) is 9.47 Å². The minimum Gasteiger partial charge on any atom is -0.383 e. The van der Waals surface area contributed by atoms with Crippen LogP contribution in [0.3, 0.4) is 0 Å². The number of rotatable bonds is 9. The normalized spacial score (nSPS) is 13.2. The third kappa shape index (κ3) is 8.22. The van der Waals surface area contributed by atoms with Gasteiger partial charge in [-0.05, 0) is 13.3 Å². The zero-order chi connectivity index (χ0) is 9.94. The van der Waals surface area contributed by atoms with E-state index in [1.165, 1.54) is 12.8 Å². The summed E-state index contributed by atoms with van der Waals surface area (Å²) in [6, 6.07) is 0.482. The molecule has 13 heavy (non-hydrogen) atoms. The topological polar surface area (TPSA) is 30.5 Å². The van der Waals surface area contributed by atoms with E-state index >= 15 is 0 Å². The van der Waals surface area contributed by atoms with Gasteiger partial charge in [-0.1, -0.05) is 13.3 Å². The SMILES string of the molecule is CCCC(COC)NCCOCC. The first-order chi connectivity index (χ1) is 6.35. The summed E-state index contributed by atoms with van der Waals surface area (Å²) < 4.78 is 10.3. The van der Waals surface area contributed by atoms with Crippen molar-refractivity contribution in [3.05, 3.63) is 0 Å². The fraction of sp³-hybridized carbons (Fsp3) is 1.00. The van der Waals surface area contributed by atoms with E-state index in [0.29, 0.717) is 6.04 Å². The van der Waals surface area contributed by atoms with Crippen LogP contribution >= 0.6 is 0 Å². The summed E-state index contributed by atoms with van der Waals surface area (Å²) in [5, 5.41) is 3.41. The Morgan fingerprint density at radius 1 is 1.31 bits per heavy atom. The highest BCUT2D eigenvalue weighted by molar-refractivity contribution is 4.64. The maximum atomic E-state index is 5.24. The molecule has 0 aliphatic rings. The van der Waals surface area contributed by atoms with Crippen LogP contribution in [0.2, 0.25) is 0 Å². The molecule has 80 valence electrons. The van der Waals surface area contributed by atoms with E-state index in [9.17, 15) is 0 Å². The quantitative estimate of drug-likeness (QED) is 0.557. The fourth-order valence-corrected chi connectivity index (χ4v) is 1.27. The lowest BCUT2D eigenvalue weighted by Gasteiger charge is -2.16. The summed E-state index contributed by atoms with van der Waals surface area (Å²) in [6.07, 6.45) is 2.36. The Morgan fingerprint density at radius 3 is 2.62 bits per heavy atom. The predicted octanol–water partition coefficient (Wildman–Crippen LogP) is 1.43. The number of hydrogen-bond acceptors (Lipinski definition) is 3. The standard InChI is InChI=1S/C10H23NO2/c1-4-6-10(9-12-3)11-7-8-13-5-2/h10-11H,4-9H2,1-3H3. The highest BCUT2D eigenvalue weighted by atomic mass is 16.5. The lowest BCUT2D eigenvalue weighted by atomic mass is 10.2. The van der Waals surface area contributed by atoms with Gasteiger partial charge in [0.05, 0.1) is 13.2 Å². The molecule has 0 aliphatic heterocycles. The second-order valence-corrected chi connectivity index (χ2v) is 3.09. The largest absolute Gasteiger partial charge is 0.383 e. The van der Waals surface area contributed by atoms with Gasteiger partial charge in [-0.15, -0.1) is 0 Å². The number of hydrogen-bond donors (Lipinski definition) is 1. The summed E-state index contributed by atoms with van der Waals surface area (Å²) >= 11 is 0. The zero-order valence-corrected chi connectivity index (χ0v) is 9.14. The van der Waals surface area contributed by atoms with E-state index in [2.05, 4.69) is 12.2 Å². The third-order valence-electron chi connectivity index (χ3n) is 1.89. The minimum atomic E-state index is 0.482. The van der Waals surface area contributed by atoms with E-state index in [4.69, 9.17) is 9.47 Å². The van der Waals surface area contributed by atoms with Crippen molar-refractivity contribution >= 4 is 0 Å². The molecule has 0 aromatic heterocycles. The maximum Gasteiger partial charge on any atom is 0.0615 e. The Labute approximate surface area is 81.8 Å². The molecule has 0 spiro atoms. The molecule has 0 radical (unpaired) electrons. The molecule has 0 fully saturated rings. The van der Waals surface area contributed by atoms with Gasteiger partial charge in [-0.2, -0.15) is 0 Å². The van der Waals surface area contributed by atoms with Crippen LogP contribution in [0.5, 0.6) is 0 Å². The summed E-state index contributed by atoms with van der Waals surface area (Å²) in [5.74, 6) is 0. The van der Waals surface area contributed by atoms with Gasteiger partial charge in [-0.25, -0.2) is 0 Å². The van der Waals surface area contributed by atoms with Gasteiger partial charge in [0, 0.05) is 26.3 Å². The predicted molar refractivity (Wildman–Crippen MR) is 55.1 cm³/mol. The number of nitrogens with one attached hydrogen (secondary N) is 1. The van der Waals surface area contributed by atoms with E-state index < -0.39 is 0 Å². The zero-order valence-electron chi connectivity index (χ0n) is 9.14. The van der Waals surface area contributed by atoms with Crippen molar-refractivity contribution in [2.24, 2.45) is 0 Å². The fourth-order valence-electron chi connectivity index (χ4n) is 1.27. The van der Waals surface area contributed by atoms with Crippen molar-refractivity contribution in [1.82, 2.24) is 5.32 Å². The van der Waals surface area contributed by atoms with Gasteiger partial charge in [0.15, 0.2) is 0 Å². The monoisotopic (exact) mass is 189 g/mol. The summed E-state index contributed by atoms with van der Waals surface area (Å²) in [5.41, 5.74) is 0. The first-order valence-corrected chi connectivity index (χ1v) is 5.15. The highest BCUT2D eigenvalue weighted by Gasteiger charge is 2.04. The summed E-state index contributed by atoms with van der Waals surface area (Å²) in [4.78, 5) is 0. The second-order valence-electron chi connectivity index (χ2n) is 3.09. The van der Waals surface area contributed by atoms with Gasteiger partial charge < -0.3 is 14.8 Å². The first kappa shape index (κ1) is 12.9. The molecule has 0 aromatic carbocycles. The van der Waals surface area contributed by atoms with Gasteiger partial charge in [0.25, 0.3) is 0 Å². The Hall–Kier alpha value is -0.120. The Kier molecular flexibility index (Phi) is 9.87. The lowest BCUT2D eigenvalue weighted by molar-refractivity contribution is 0.130. The van der Waals surface area contributed by atoms with Crippen molar-refractivity contribution in [3.63, 3.8) is 0 Å². The maximum absolute atomic E-state index is 5.24. The molecule has 1 atom stereocenters. The van der Waals surface area contributed by atoms with E-state index in [1.54, 1.807) is 7.11 Å². The number of ether oxygens (including phenoxy) is 2. The molecule has 0 aromatic rings. The number of methoxy groups -OCH3 is 1. The molecule has 0 amide bonds. The average Bonchev–Trinajstić information content (AvgIpc) is 2.13. The average molecular weight is 189 g/mol. The molecule has 0 heterocycles. The van der Waals surface area contributed by atoms with Crippen LogP contribution in [0.15, 0.2) is 0 Å². The Bertz CT molecular complexity index is 92.9. The van der Waals surface area contributed by atoms with Crippen molar-refractivity contribution in [2.75, 3.05) is 33.5 Å². The molecule has 3 heteroatoms. The van der Waals surface area contributed by atoms with Gasteiger partial charge in [-0.3, -0.25) is 0 Å². The van der Waals surface area contributed by atoms with Crippen molar-refractivity contribution < 1.29 is 9.47 Å². The van der Waals surface area contributed by atoms with E-state index in [0.717, 1.165) is 26.4 Å². The molecular weight excluding hydrogens is 166 g/mol. The molecular formula is C10H23NO2. The molecule has 0 saturated carbocycles. The highest BCUT2D eigenvalue weighted by Crippen LogP contribution is 1.96.